The molecule has 1 heteroatoms. The Bertz CT molecular complexity index is 278. The lowest BCUT2D eigenvalue weighted by molar-refractivity contribution is 0.733. The van der Waals surface area contributed by atoms with Gasteiger partial charge in [0.05, 0.1) is 0 Å². The molecule has 0 nitrogen and oxygen atoms in total. The second kappa shape index (κ2) is 4.66. The lowest BCUT2D eigenvalue weighted by Crippen LogP contribution is -1.92. The minimum Gasteiger partial charge on any atom is -0.0840 e. The van der Waals surface area contributed by atoms with Crippen molar-refractivity contribution in [2.24, 2.45) is 0 Å². The Balaban J connectivity index is 2.95. The van der Waals surface area contributed by atoms with Crippen molar-refractivity contribution in [3.05, 3.63) is 34.3 Å². The van der Waals surface area contributed by atoms with E-state index in [1.54, 1.807) is 0 Å². The van der Waals surface area contributed by atoms with Crippen molar-refractivity contribution in [2.45, 2.75) is 39.5 Å². The highest BCUT2D eigenvalue weighted by molar-refractivity contribution is 6.31. The van der Waals surface area contributed by atoms with Gasteiger partial charge in [-0.1, -0.05) is 44.5 Å². The molecular formula is C12H17Cl. The first kappa shape index (κ1) is 10.6. The van der Waals surface area contributed by atoms with Gasteiger partial charge >= 0.3 is 0 Å². The van der Waals surface area contributed by atoms with Gasteiger partial charge in [-0.25, -0.2) is 0 Å². The second-order valence-electron chi connectivity index (χ2n) is 3.51. The number of benzene rings is 1. The van der Waals surface area contributed by atoms with Crippen LogP contribution in [0.2, 0.25) is 5.02 Å². The molecule has 0 saturated heterocycles. The van der Waals surface area contributed by atoms with Crippen LogP contribution >= 0.6 is 11.6 Å². The smallest absolute Gasteiger partial charge is 0.0440 e. The van der Waals surface area contributed by atoms with Crippen LogP contribution in [0.25, 0.3) is 0 Å². The van der Waals surface area contributed by atoms with Gasteiger partial charge in [0.25, 0.3) is 0 Å². The summed E-state index contributed by atoms with van der Waals surface area (Å²) in [6.07, 6.45) is 2.18. The van der Waals surface area contributed by atoms with E-state index in [1.165, 1.54) is 17.5 Å². The van der Waals surface area contributed by atoms with E-state index in [9.17, 15) is 0 Å². The molecule has 1 aromatic carbocycles. The van der Waals surface area contributed by atoms with E-state index in [-0.39, 0.29) is 0 Å². The lowest BCUT2D eigenvalue weighted by Gasteiger charge is -2.10. The van der Waals surface area contributed by atoms with Crippen LogP contribution < -0.4 is 0 Å². The standard InChI is InChI=1S/C12H17Cl/c1-4-9(3)11-7-6-10(5-2)12(13)8-11/h6-9H,4-5H2,1-3H3. The average Bonchev–Trinajstić information content (AvgIpc) is 2.16. The summed E-state index contributed by atoms with van der Waals surface area (Å²) in [6.45, 7) is 6.56. The molecule has 0 fully saturated rings. The summed E-state index contributed by atoms with van der Waals surface area (Å²) in [5.41, 5.74) is 2.60. The molecule has 1 aromatic rings. The topological polar surface area (TPSA) is 0 Å². The maximum atomic E-state index is 6.13. The monoisotopic (exact) mass is 196 g/mol. The molecule has 0 heterocycles. The highest BCUT2D eigenvalue weighted by Gasteiger charge is 2.05. The van der Waals surface area contributed by atoms with E-state index in [0.717, 1.165) is 11.4 Å². The number of hydrogen-bond acceptors (Lipinski definition) is 0. The van der Waals surface area contributed by atoms with Gasteiger partial charge < -0.3 is 0 Å². The summed E-state index contributed by atoms with van der Waals surface area (Å²) in [6, 6.07) is 6.44. The Kier molecular flexibility index (Phi) is 3.80. The quantitative estimate of drug-likeness (QED) is 0.672. The van der Waals surface area contributed by atoms with E-state index >= 15 is 0 Å². The fraction of sp³-hybridized carbons (Fsp3) is 0.500. The van der Waals surface area contributed by atoms with E-state index in [1.807, 2.05) is 0 Å². The minimum absolute atomic E-state index is 0.614. The Labute approximate surface area is 85.9 Å². The zero-order valence-electron chi connectivity index (χ0n) is 8.60. The first-order valence-electron chi connectivity index (χ1n) is 4.97. The molecule has 0 saturated carbocycles. The van der Waals surface area contributed by atoms with Crippen LogP contribution in [0.15, 0.2) is 18.2 Å². The number of aryl methyl sites for hydroxylation is 1. The molecule has 0 spiro atoms. The minimum atomic E-state index is 0.614. The summed E-state index contributed by atoms with van der Waals surface area (Å²) in [7, 11) is 0. The van der Waals surface area contributed by atoms with E-state index in [4.69, 9.17) is 11.6 Å². The lowest BCUT2D eigenvalue weighted by atomic mass is 9.97. The van der Waals surface area contributed by atoms with Gasteiger partial charge in [0.1, 0.15) is 0 Å². The SMILES string of the molecule is CCc1ccc(C(C)CC)cc1Cl. The highest BCUT2D eigenvalue weighted by Crippen LogP contribution is 2.24. The van der Waals surface area contributed by atoms with Crippen molar-refractivity contribution in [3.8, 4) is 0 Å². The summed E-state index contributed by atoms with van der Waals surface area (Å²) in [4.78, 5) is 0. The van der Waals surface area contributed by atoms with Crippen molar-refractivity contribution in [1.82, 2.24) is 0 Å². The van der Waals surface area contributed by atoms with Crippen LogP contribution in [-0.4, -0.2) is 0 Å². The molecule has 1 rings (SSSR count). The van der Waals surface area contributed by atoms with E-state index < -0.39 is 0 Å². The summed E-state index contributed by atoms with van der Waals surface area (Å²) in [5, 5.41) is 0.917. The van der Waals surface area contributed by atoms with E-state index in [2.05, 4.69) is 39.0 Å². The third kappa shape index (κ3) is 2.47. The van der Waals surface area contributed by atoms with Crippen LogP contribution in [0.3, 0.4) is 0 Å². The highest BCUT2D eigenvalue weighted by atomic mass is 35.5. The molecule has 0 bridgehead atoms. The first-order valence-corrected chi connectivity index (χ1v) is 5.35. The third-order valence-corrected chi connectivity index (χ3v) is 2.99. The molecule has 0 aliphatic carbocycles. The molecule has 0 aromatic heterocycles. The molecular weight excluding hydrogens is 180 g/mol. The van der Waals surface area contributed by atoms with Crippen LogP contribution in [0, 0.1) is 0 Å². The summed E-state index contributed by atoms with van der Waals surface area (Å²) >= 11 is 6.13. The Morgan fingerprint density at radius 2 is 2.00 bits per heavy atom. The van der Waals surface area contributed by atoms with Gasteiger partial charge in [-0.3, -0.25) is 0 Å². The molecule has 0 aliphatic heterocycles. The third-order valence-electron chi connectivity index (χ3n) is 2.64. The Morgan fingerprint density at radius 1 is 1.31 bits per heavy atom. The average molecular weight is 197 g/mol. The molecule has 13 heavy (non-hydrogen) atoms. The second-order valence-corrected chi connectivity index (χ2v) is 3.92. The molecule has 72 valence electrons. The van der Waals surface area contributed by atoms with Gasteiger partial charge in [0, 0.05) is 5.02 Å². The number of halogens is 1. The fourth-order valence-electron chi connectivity index (χ4n) is 1.39. The van der Waals surface area contributed by atoms with Crippen molar-refractivity contribution in [3.63, 3.8) is 0 Å². The molecule has 0 amide bonds. The van der Waals surface area contributed by atoms with Gasteiger partial charge in [-0.15, -0.1) is 0 Å². The molecule has 1 atom stereocenters. The maximum absolute atomic E-state index is 6.13. The van der Waals surface area contributed by atoms with Crippen molar-refractivity contribution < 1.29 is 0 Å². The molecule has 0 radical (unpaired) electrons. The predicted molar refractivity (Wildman–Crippen MR) is 59.5 cm³/mol. The van der Waals surface area contributed by atoms with Crippen molar-refractivity contribution in [2.75, 3.05) is 0 Å². The Hall–Kier alpha value is -0.490. The fourth-order valence-corrected chi connectivity index (χ4v) is 1.72. The summed E-state index contributed by atoms with van der Waals surface area (Å²) < 4.78 is 0. The number of hydrogen-bond donors (Lipinski definition) is 0. The Morgan fingerprint density at radius 3 is 2.46 bits per heavy atom. The zero-order valence-corrected chi connectivity index (χ0v) is 9.36. The molecule has 0 aliphatic rings. The van der Waals surface area contributed by atoms with Crippen LogP contribution in [0.4, 0.5) is 0 Å². The molecule has 1 unspecified atom stereocenters. The molecule has 0 N–H and O–H groups in total. The van der Waals surface area contributed by atoms with Crippen molar-refractivity contribution >= 4 is 11.6 Å². The van der Waals surface area contributed by atoms with Gasteiger partial charge in [-0.05, 0) is 36.0 Å². The largest absolute Gasteiger partial charge is 0.0840 e. The maximum Gasteiger partial charge on any atom is 0.0440 e. The number of rotatable bonds is 3. The predicted octanol–water partition coefficient (Wildman–Crippen LogP) is 4.42. The van der Waals surface area contributed by atoms with Gasteiger partial charge in [-0.2, -0.15) is 0 Å². The van der Waals surface area contributed by atoms with Gasteiger partial charge in [0.15, 0.2) is 0 Å². The van der Waals surface area contributed by atoms with Gasteiger partial charge in [0.2, 0.25) is 0 Å². The van der Waals surface area contributed by atoms with Crippen LogP contribution in [-0.2, 0) is 6.42 Å². The summed E-state index contributed by atoms with van der Waals surface area (Å²) in [5.74, 6) is 0.614. The zero-order chi connectivity index (χ0) is 9.84. The first-order chi connectivity index (χ1) is 6.19. The van der Waals surface area contributed by atoms with Crippen molar-refractivity contribution in [1.29, 1.82) is 0 Å². The van der Waals surface area contributed by atoms with Crippen LogP contribution in [0.1, 0.15) is 44.2 Å². The van der Waals surface area contributed by atoms with Crippen LogP contribution in [0.5, 0.6) is 0 Å². The normalized spacial score (nSPS) is 12.9. The van der Waals surface area contributed by atoms with E-state index in [0.29, 0.717) is 5.92 Å².